The predicted octanol–water partition coefficient (Wildman–Crippen LogP) is 2.76. The highest BCUT2D eigenvalue weighted by Crippen LogP contribution is 2.25. The van der Waals surface area contributed by atoms with E-state index < -0.39 is 23.9 Å². The van der Waals surface area contributed by atoms with Crippen LogP contribution in [0.1, 0.15) is 10.5 Å². The van der Waals surface area contributed by atoms with Crippen LogP contribution in [0.5, 0.6) is 0 Å². The number of benzene rings is 1. The van der Waals surface area contributed by atoms with Crippen LogP contribution in [0.25, 0.3) is 10.9 Å². The molecule has 2 N–H and O–H groups in total. The number of aromatic nitrogens is 3. The second-order valence-electron chi connectivity index (χ2n) is 6.74. The molecule has 0 aliphatic carbocycles. The van der Waals surface area contributed by atoms with Crippen molar-refractivity contribution in [3.8, 4) is 0 Å². The van der Waals surface area contributed by atoms with Crippen molar-refractivity contribution < 1.29 is 22.4 Å². The first-order chi connectivity index (χ1) is 14.3. The van der Waals surface area contributed by atoms with Crippen molar-refractivity contribution in [3.05, 3.63) is 54.4 Å². The van der Waals surface area contributed by atoms with E-state index in [1.807, 2.05) is 0 Å². The van der Waals surface area contributed by atoms with Gasteiger partial charge in [-0.15, -0.1) is 0 Å². The van der Waals surface area contributed by atoms with Gasteiger partial charge in [0.05, 0.1) is 23.6 Å². The fraction of sp³-hybridized carbons (Fsp3) is 0.263. The van der Waals surface area contributed by atoms with Gasteiger partial charge in [-0.05, 0) is 18.2 Å². The van der Waals surface area contributed by atoms with Gasteiger partial charge in [-0.3, -0.25) is 9.78 Å². The molecule has 0 saturated carbocycles. The van der Waals surface area contributed by atoms with Gasteiger partial charge in [-0.25, -0.2) is 14.4 Å². The molecular weight excluding hydrogens is 404 g/mol. The Bertz CT molecular complexity index is 1070. The molecule has 1 saturated heterocycles. The molecule has 7 nitrogen and oxygen atoms in total. The van der Waals surface area contributed by atoms with Gasteiger partial charge in [0.1, 0.15) is 23.4 Å². The van der Waals surface area contributed by atoms with Gasteiger partial charge in [0, 0.05) is 31.2 Å². The van der Waals surface area contributed by atoms with Crippen molar-refractivity contribution in [3.63, 3.8) is 0 Å². The van der Waals surface area contributed by atoms with E-state index in [0.717, 1.165) is 6.07 Å². The molecule has 1 aromatic carbocycles. The zero-order valence-electron chi connectivity index (χ0n) is 15.4. The molecule has 4 rings (SSSR count). The normalized spacial score (nSPS) is 17.2. The van der Waals surface area contributed by atoms with Crippen LogP contribution in [0.2, 0.25) is 0 Å². The summed E-state index contributed by atoms with van der Waals surface area (Å²) in [6.07, 6.45) is -0.431. The molecule has 0 bridgehead atoms. The lowest BCUT2D eigenvalue weighted by molar-refractivity contribution is -0.155. The largest absolute Gasteiger partial charge is 0.405 e. The van der Waals surface area contributed by atoms with Crippen molar-refractivity contribution in [2.75, 3.05) is 29.9 Å². The highest BCUT2D eigenvalue weighted by molar-refractivity contribution is 6.07. The highest BCUT2D eigenvalue weighted by atomic mass is 19.4. The maximum atomic E-state index is 13.8. The van der Waals surface area contributed by atoms with Crippen LogP contribution >= 0.6 is 0 Å². The van der Waals surface area contributed by atoms with E-state index in [2.05, 4.69) is 25.6 Å². The van der Waals surface area contributed by atoms with Gasteiger partial charge >= 0.3 is 6.18 Å². The van der Waals surface area contributed by atoms with Crippen molar-refractivity contribution in [1.82, 2.24) is 20.3 Å². The molecule has 2 aromatic heterocycles. The number of carbonyl (C=O) groups excluding carboxylic acids is 1. The summed E-state index contributed by atoms with van der Waals surface area (Å²) in [6, 6.07) is 4.10. The Balaban J connectivity index is 1.50. The number of nitrogens with zero attached hydrogens (tertiary/aromatic N) is 4. The second-order valence-corrected chi connectivity index (χ2v) is 6.74. The smallest absolute Gasteiger partial charge is 0.352 e. The minimum Gasteiger partial charge on any atom is -0.352 e. The Morgan fingerprint density at radius 3 is 2.77 bits per heavy atom. The Labute approximate surface area is 168 Å². The summed E-state index contributed by atoms with van der Waals surface area (Å²) in [6.45, 7) is 0.173. The first-order valence-electron chi connectivity index (χ1n) is 9.04. The number of pyridine rings is 1. The van der Waals surface area contributed by atoms with Gasteiger partial charge in [-0.1, -0.05) is 6.07 Å². The van der Waals surface area contributed by atoms with Crippen LogP contribution in [0.15, 0.2) is 42.9 Å². The second kappa shape index (κ2) is 7.82. The van der Waals surface area contributed by atoms with Crippen molar-refractivity contribution in [2.24, 2.45) is 0 Å². The summed E-state index contributed by atoms with van der Waals surface area (Å²) in [7, 11) is 0. The molecule has 156 valence electrons. The van der Waals surface area contributed by atoms with E-state index in [-0.39, 0.29) is 30.3 Å². The molecular formula is C19H16F4N6O. The average molecular weight is 420 g/mol. The minimum atomic E-state index is -4.37. The van der Waals surface area contributed by atoms with Crippen molar-refractivity contribution >= 4 is 28.3 Å². The van der Waals surface area contributed by atoms with E-state index in [1.165, 1.54) is 29.6 Å². The molecule has 11 heteroatoms. The summed E-state index contributed by atoms with van der Waals surface area (Å²) in [5.41, 5.74) is 0.530. The van der Waals surface area contributed by atoms with E-state index in [1.54, 1.807) is 12.1 Å². The molecule has 0 unspecified atom stereocenters. The number of anilines is 2. The van der Waals surface area contributed by atoms with Crippen LogP contribution in [-0.2, 0) is 0 Å². The monoisotopic (exact) mass is 420 g/mol. The predicted molar refractivity (Wildman–Crippen MR) is 102 cm³/mol. The summed E-state index contributed by atoms with van der Waals surface area (Å²) in [5, 5.41) is 5.49. The molecule has 1 atom stereocenters. The summed E-state index contributed by atoms with van der Waals surface area (Å²) >= 11 is 0. The quantitative estimate of drug-likeness (QED) is 0.634. The van der Waals surface area contributed by atoms with E-state index in [4.69, 9.17) is 0 Å². The minimum absolute atomic E-state index is 0.0606. The number of hydrogen-bond acceptors (Lipinski definition) is 6. The molecule has 30 heavy (non-hydrogen) atoms. The molecule has 0 spiro atoms. The van der Waals surface area contributed by atoms with Gasteiger partial charge in [0.15, 0.2) is 0 Å². The van der Waals surface area contributed by atoms with Gasteiger partial charge in [-0.2, -0.15) is 13.2 Å². The number of alkyl halides is 3. The zero-order chi connectivity index (χ0) is 21.3. The van der Waals surface area contributed by atoms with Gasteiger partial charge < -0.3 is 15.5 Å². The number of hydrogen-bond donors (Lipinski definition) is 2. The zero-order valence-corrected chi connectivity index (χ0v) is 15.4. The third-order valence-electron chi connectivity index (χ3n) is 4.68. The summed E-state index contributed by atoms with van der Waals surface area (Å²) in [5.74, 6) is -0.939. The van der Waals surface area contributed by atoms with Crippen molar-refractivity contribution in [2.45, 2.75) is 12.2 Å². The highest BCUT2D eigenvalue weighted by Gasteiger charge is 2.42. The third-order valence-corrected chi connectivity index (χ3v) is 4.68. The molecule has 1 fully saturated rings. The molecule has 1 aliphatic heterocycles. The Kier molecular flexibility index (Phi) is 5.20. The fourth-order valence-corrected chi connectivity index (χ4v) is 3.22. The van der Waals surface area contributed by atoms with Crippen LogP contribution in [0.4, 0.5) is 29.1 Å². The Morgan fingerprint density at radius 1 is 1.20 bits per heavy atom. The van der Waals surface area contributed by atoms with Gasteiger partial charge in [0.25, 0.3) is 5.91 Å². The fourth-order valence-electron chi connectivity index (χ4n) is 3.22. The average Bonchev–Trinajstić information content (AvgIpc) is 2.73. The maximum absolute atomic E-state index is 13.8. The number of halogens is 4. The topological polar surface area (TPSA) is 83.0 Å². The van der Waals surface area contributed by atoms with Crippen molar-refractivity contribution in [1.29, 1.82) is 0 Å². The van der Waals surface area contributed by atoms with Crippen LogP contribution in [-0.4, -0.2) is 52.7 Å². The number of amides is 1. The Hall–Kier alpha value is -3.34. The van der Waals surface area contributed by atoms with E-state index >= 15 is 0 Å². The van der Waals surface area contributed by atoms with Gasteiger partial charge in [0.2, 0.25) is 0 Å². The van der Waals surface area contributed by atoms with Crippen LogP contribution < -0.4 is 15.5 Å². The van der Waals surface area contributed by atoms with Crippen LogP contribution in [0, 0.1) is 5.82 Å². The van der Waals surface area contributed by atoms with Crippen LogP contribution in [0.3, 0.4) is 0 Å². The first kappa shape index (κ1) is 20.0. The molecule has 1 aliphatic rings. The lowest BCUT2D eigenvalue weighted by Gasteiger charge is -2.35. The lowest BCUT2D eigenvalue weighted by atomic mass is 10.2. The number of carbonyl (C=O) groups is 1. The summed E-state index contributed by atoms with van der Waals surface area (Å²) in [4.78, 5) is 26.2. The molecule has 3 heterocycles. The number of rotatable bonds is 3. The molecule has 1 amide bonds. The van der Waals surface area contributed by atoms with E-state index in [0.29, 0.717) is 17.4 Å². The molecule has 0 radical (unpaired) electrons. The third kappa shape index (κ3) is 4.15. The molecule has 3 aromatic rings. The van der Waals surface area contributed by atoms with E-state index in [9.17, 15) is 22.4 Å². The number of piperazine rings is 1. The standard InChI is InChI=1S/C19H16F4N6O/c20-12-6-11-2-1-3-25-17(11)13(7-12)28-18(30)14-8-27-16(9-26-14)29-5-4-24-15(10-29)19(21,22)23/h1-3,6-9,15,24H,4-5,10H2,(H,28,30)/t15-/m0/s1. The first-order valence-corrected chi connectivity index (χ1v) is 9.04. The number of nitrogens with one attached hydrogen (secondary N) is 2. The summed E-state index contributed by atoms with van der Waals surface area (Å²) < 4.78 is 52.6. The SMILES string of the molecule is O=C(Nc1cc(F)cc2cccnc12)c1cnc(N2CCN[C@H](C(F)(F)F)C2)cn1. The Morgan fingerprint density at radius 2 is 2.03 bits per heavy atom. The lowest BCUT2D eigenvalue weighted by Crippen LogP contribution is -2.57. The number of fused-ring (bicyclic) bond motifs is 1. The maximum Gasteiger partial charge on any atom is 0.405 e.